The van der Waals surface area contributed by atoms with E-state index >= 15 is 0 Å². The van der Waals surface area contributed by atoms with E-state index in [0.29, 0.717) is 5.92 Å². The zero-order valence-electron chi connectivity index (χ0n) is 12.7. The normalized spacial score (nSPS) is 16.2. The van der Waals surface area contributed by atoms with Gasteiger partial charge in [0.05, 0.1) is 16.8 Å². The molecule has 3 rings (SSSR count). The number of likely N-dealkylation sites (N-methyl/N-ethyl adjacent to an activating group) is 1. The number of aromatic nitrogens is 1. The molecule has 1 N–H and O–H groups in total. The summed E-state index contributed by atoms with van der Waals surface area (Å²) in [4.78, 5) is 6.85. The van der Waals surface area contributed by atoms with Crippen molar-refractivity contribution in [3.05, 3.63) is 50.9 Å². The Morgan fingerprint density at radius 3 is 2.77 bits per heavy atom. The first-order valence-corrected chi connectivity index (χ1v) is 8.90. The molecule has 0 saturated heterocycles. The maximum atomic E-state index is 9.99. The summed E-state index contributed by atoms with van der Waals surface area (Å²) < 4.78 is 0. The third-order valence-electron chi connectivity index (χ3n) is 3.96. The zero-order valence-corrected chi connectivity index (χ0v) is 14.3. The average Bonchev–Trinajstić information content (AvgIpc) is 3.24. The second kappa shape index (κ2) is 7.09. The molecule has 5 heteroatoms. The molecule has 1 aromatic carbocycles. The third kappa shape index (κ3) is 4.53. The number of halogens is 1. The molecule has 0 radical (unpaired) electrons. The molecule has 1 heterocycles. The van der Waals surface area contributed by atoms with Crippen LogP contribution in [0.4, 0.5) is 0 Å². The second-order valence-corrected chi connectivity index (χ2v) is 7.52. The monoisotopic (exact) mass is 336 g/mol. The molecule has 1 aliphatic carbocycles. The van der Waals surface area contributed by atoms with Gasteiger partial charge in [0.15, 0.2) is 0 Å². The highest BCUT2D eigenvalue weighted by molar-refractivity contribution is 7.09. The van der Waals surface area contributed by atoms with E-state index in [0.717, 1.165) is 35.2 Å². The van der Waals surface area contributed by atoms with E-state index in [1.54, 1.807) is 11.3 Å². The fourth-order valence-electron chi connectivity index (χ4n) is 2.57. The van der Waals surface area contributed by atoms with Crippen LogP contribution in [0.25, 0.3) is 0 Å². The van der Waals surface area contributed by atoms with Crippen molar-refractivity contribution in [1.82, 2.24) is 9.88 Å². The summed E-state index contributed by atoms with van der Waals surface area (Å²) in [5, 5.41) is 14.0. The van der Waals surface area contributed by atoms with Crippen LogP contribution < -0.4 is 0 Å². The number of rotatable bonds is 7. The van der Waals surface area contributed by atoms with E-state index < -0.39 is 0 Å². The molecule has 22 heavy (non-hydrogen) atoms. The number of benzene rings is 1. The fourth-order valence-corrected chi connectivity index (χ4v) is 3.52. The smallest absolute Gasteiger partial charge is 0.0972 e. The van der Waals surface area contributed by atoms with Gasteiger partial charge in [0, 0.05) is 29.9 Å². The maximum absolute atomic E-state index is 9.99. The van der Waals surface area contributed by atoms with Crippen molar-refractivity contribution in [2.45, 2.75) is 31.9 Å². The second-order valence-electron chi connectivity index (χ2n) is 6.14. The number of nitrogens with zero attached hydrogens (tertiary/aromatic N) is 2. The number of aliphatic hydroxyl groups is 1. The summed E-state index contributed by atoms with van der Waals surface area (Å²) in [5.41, 5.74) is 2.31. The van der Waals surface area contributed by atoms with Gasteiger partial charge in [0.2, 0.25) is 0 Å². The predicted molar refractivity (Wildman–Crippen MR) is 91.4 cm³/mol. The summed E-state index contributed by atoms with van der Waals surface area (Å²) >= 11 is 7.60. The lowest BCUT2D eigenvalue weighted by atomic mass is 10.2. The first-order chi connectivity index (χ1) is 10.6. The molecule has 1 aliphatic rings. The summed E-state index contributed by atoms with van der Waals surface area (Å²) in [6.45, 7) is 1.52. The van der Waals surface area contributed by atoms with Crippen LogP contribution in [-0.4, -0.2) is 34.7 Å². The summed E-state index contributed by atoms with van der Waals surface area (Å²) in [6.07, 6.45) is 3.02. The quantitative estimate of drug-likeness (QED) is 0.839. The van der Waals surface area contributed by atoms with Crippen LogP contribution in [0.15, 0.2) is 29.6 Å². The Morgan fingerprint density at radius 2 is 2.09 bits per heavy atom. The lowest BCUT2D eigenvalue weighted by Gasteiger charge is -2.19. The Hall–Kier alpha value is -0.940. The van der Waals surface area contributed by atoms with Crippen molar-refractivity contribution >= 4 is 22.9 Å². The molecular formula is C17H21ClN2OS. The van der Waals surface area contributed by atoms with Gasteiger partial charge < -0.3 is 5.11 Å². The molecule has 0 amide bonds. The van der Waals surface area contributed by atoms with Crippen LogP contribution in [-0.2, 0) is 13.0 Å². The van der Waals surface area contributed by atoms with Gasteiger partial charge in [-0.25, -0.2) is 4.98 Å². The summed E-state index contributed by atoms with van der Waals surface area (Å²) in [6, 6.07) is 7.92. The van der Waals surface area contributed by atoms with E-state index in [4.69, 9.17) is 16.6 Å². The molecule has 2 aromatic rings. The Labute approximate surface area is 140 Å². The van der Waals surface area contributed by atoms with E-state index in [-0.39, 0.29) is 6.10 Å². The first-order valence-electron chi connectivity index (χ1n) is 7.64. The average molecular weight is 337 g/mol. The molecule has 3 nitrogen and oxygen atoms in total. The van der Waals surface area contributed by atoms with Crippen LogP contribution in [0.1, 0.15) is 29.1 Å². The van der Waals surface area contributed by atoms with Gasteiger partial charge in [-0.1, -0.05) is 23.7 Å². The van der Waals surface area contributed by atoms with Gasteiger partial charge in [-0.2, -0.15) is 0 Å². The lowest BCUT2D eigenvalue weighted by molar-refractivity contribution is 0.104. The Bertz CT molecular complexity index is 609. The van der Waals surface area contributed by atoms with Gasteiger partial charge in [-0.15, -0.1) is 11.3 Å². The molecular weight excluding hydrogens is 316 g/mol. The van der Waals surface area contributed by atoms with Crippen molar-refractivity contribution in [2.24, 2.45) is 5.92 Å². The first kappa shape index (κ1) is 15.9. The fraction of sp³-hybridized carbons (Fsp3) is 0.471. The van der Waals surface area contributed by atoms with E-state index in [9.17, 15) is 5.11 Å². The Balaban J connectivity index is 1.52. The Morgan fingerprint density at radius 1 is 1.36 bits per heavy atom. The van der Waals surface area contributed by atoms with Crippen LogP contribution in [0, 0.1) is 5.92 Å². The van der Waals surface area contributed by atoms with Gasteiger partial charge in [-0.3, -0.25) is 4.90 Å². The van der Waals surface area contributed by atoms with E-state index in [1.807, 2.05) is 31.3 Å². The molecule has 1 aromatic heterocycles. The molecule has 1 atom stereocenters. The van der Waals surface area contributed by atoms with Crippen molar-refractivity contribution in [1.29, 1.82) is 0 Å². The lowest BCUT2D eigenvalue weighted by Crippen LogP contribution is -2.30. The molecule has 0 aliphatic heterocycles. The largest absolute Gasteiger partial charge is 0.392 e. The Kier molecular flexibility index (Phi) is 5.14. The van der Waals surface area contributed by atoms with Crippen LogP contribution in [0.3, 0.4) is 0 Å². The number of hydrogen-bond donors (Lipinski definition) is 1. The topological polar surface area (TPSA) is 36.4 Å². The highest BCUT2D eigenvalue weighted by atomic mass is 35.5. The van der Waals surface area contributed by atoms with E-state index in [2.05, 4.69) is 10.3 Å². The molecule has 118 valence electrons. The summed E-state index contributed by atoms with van der Waals surface area (Å²) in [5.74, 6) is 0.526. The highest BCUT2D eigenvalue weighted by Gasteiger charge is 2.30. The van der Waals surface area contributed by atoms with E-state index in [1.165, 1.54) is 18.4 Å². The molecule has 0 bridgehead atoms. The predicted octanol–water partition coefficient (Wildman–Crippen LogP) is 3.59. The minimum atomic E-state index is -0.183. The highest BCUT2D eigenvalue weighted by Crippen LogP contribution is 2.32. The van der Waals surface area contributed by atoms with Gasteiger partial charge >= 0.3 is 0 Å². The van der Waals surface area contributed by atoms with Crippen LogP contribution in [0.5, 0.6) is 0 Å². The number of thiazole rings is 1. The van der Waals surface area contributed by atoms with Crippen molar-refractivity contribution in [3.63, 3.8) is 0 Å². The summed E-state index contributed by atoms with van der Waals surface area (Å²) in [7, 11) is 2.05. The molecule has 1 saturated carbocycles. The third-order valence-corrected chi connectivity index (χ3v) is 5.11. The van der Waals surface area contributed by atoms with Gasteiger partial charge in [0.25, 0.3) is 0 Å². The number of aliphatic hydroxyl groups excluding tert-OH is 1. The van der Waals surface area contributed by atoms with Gasteiger partial charge in [0.1, 0.15) is 0 Å². The van der Waals surface area contributed by atoms with Crippen molar-refractivity contribution in [3.8, 4) is 0 Å². The zero-order chi connectivity index (χ0) is 15.5. The maximum Gasteiger partial charge on any atom is 0.0972 e. The SMILES string of the molecule is CN(Cc1csc(Cc2ccc(Cl)cc2)n1)CC(O)C1CC1. The minimum absolute atomic E-state index is 0.183. The molecule has 1 unspecified atom stereocenters. The van der Waals surface area contributed by atoms with Crippen molar-refractivity contribution in [2.75, 3.05) is 13.6 Å². The standard InChI is InChI=1S/C17H21ClN2OS/c1-20(10-16(21)13-4-5-13)9-15-11-22-17(19-15)8-12-2-6-14(18)7-3-12/h2-3,6-7,11,13,16,21H,4-5,8-10H2,1H3. The van der Waals surface area contributed by atoms with Crippen molar-refractivity contribution < 1.29 is 5.11 Å². The van der Waals surface area contributed by atoms with Crippen LogP contribution >= 0.6 is 22.9 Å². The molecule has 1 fully saturated rings. The van der Waals surface area contributed by atoms with Gasteiger partial charge in [-0.05, 0) is 43.5 Å². The minimum Gasteiger partial charge on any atom is -0.392 e. The molecule has 0 spiro atoms. The number of hydrogen-bond acceptors (Lipinski definition) is 4. The van der Waals surface area contributed by atoms with Crippen LogP contribution in [0.2, 0.25) is 5.02 Å².